The zero-order valence-corrected chi connectivity index (χ0v) is 19.5. The van der Waals surface area contributed by atoms with Gasteiger partial charge in [0.1, 0.15) is 5.67 Å². The summed E-state index contributed by atoms with van der Waals surface area (Å²) < 4.78 is 13.9. The zero-order valence-electron chi connectivity index (χ0n) is 18.6. The van der Waals surface area contributed by atoms with Gasteiger partial charge in [0.2, 0.25) is 0 Å². The van der Waals surface area contributed by atoms with Gasteiger partial charge in [-0.3, -0.25) is 0 Å². The van der Waals surface area contributed by atoms with E-state index in [1.54, 1.807) is 19.3 Å². The first-order valence-electron chi connectivity index (χ1n) is 10.4. The molecule has 1 fully saturated rings. The van der Waals surface area contributed by atoms with Crippen LogP contribution in [-0.4, -0.2) is 30.2 Å². The minimum absolute atomic E-state index is 0. The third-order valence-corrected chi connectivity index (χ3v) is 5.99. The summed E-state index contributed by atoms with van der Waals surface area (Å²) in [5.74, 6) is 0.394. The van der Waals surface area contributed by atoms with Crippen molar-refractivity contribution in [1.82, 2.24) is 4.90 Å². The maximum atomic E-state index is 13.9. The van der Waals surface area contributed by atoms with E-state index in [-0.39, 0.29) is 1.43 Å². The second-order valence-corrected chi connectivity index (χ2v) is 9.49. The molecule has 1 aliphatic heterocycles. The second-order valence-electron chi connectivity index (χ2n) is 8.43. The first-order valence-corrected chi connectivity index (χ1v) is 11.3. The van der Waals surface area contributed by atoms with E-state index in [1.807, 2.05) is 25.1 Å². The van der Waals surface area contributed by atoms with Crippen LogP contribution in [0.1, 0.15) is 35.0 Å². The molecule has 164 valence electrons. The minimum Gasteiger partial charge on any atom is -0.359 e. The summed E-state index contributed by atoms with van der Waals surface area (Å²) in [5, 5.41) is 7.28. The summed E-state index contributed by atoms with van der Waals surface area (Å²) in [6.45, 7) is 23.9. The highest BCUT2D eigenvalue weighted by Crippen LogP contribution is 2.26. The maximum Gasteiger partial charge on any atom is 0.118 e. The number of benzene rings is 1. The molecule has 0 unspecified atom stereocenters. The molecule has 2 nitrogen and oxygen atoms in total. The van der Waals surface area contributed by atoms with E-state index >= 15 is 0 Å². The topological polar surface area (TPSA) is 15.3 Å². The fraction of sp³-hybridized carbons (Fsp3) is 0.385. The Morgan fingerprint density at radius 2 is 2.00 bits per heavy atom. The Morgan fingerprint density at radius 3 is 2.57 bits per heavy atom. The third-order valence-electron chi connectivity index (χ3n) is 5.30. The SMILES string of the molecule is C=CSC(=C)C(/C=c1/cc(NC(=C)C2CCN(CC(C)(C)F)CC2)ccc1=C)=C/C.[HH]. The van der Waals surface area contributed by atoms with Crippen LogP contribution in [0.15, 0.2) is 65.6 Å². The van der Waals surface area contributed by atoms with Crippen molar-refractivity contribution in [1.29, 1.82) is 0 Å². The molecule has 1 aromatic carbocycles. The second kappa shape index (κ2) is 10.8. The van der Waals surface area contributed by atoms with Gasteiger partial charge in [0.05, 0.1) is 0 Å². The molecule has 0 amide bonds. The molecule has 0 radical (unpaired) electrons. The number of hydrogen-bond acceptors (Lipinski definition) is 3. The molecule has 0 spiro atoms. The lowest BCUT2D eigenvalue weighted by molar-refractivity contribution is 0.101. The molecule has 0 atom stereocenters. The van der Waals surface area contributed by atoms with Crippen molar-refractivity contribution in [3.8, 4) is 0 Å². The first kappa shape index (κ1) is 24.2. The van der Waals surface area contributed by atoms with Crippen LogP contribution in [0.5, 0.6) is 0 Å². The molecule has 1 heterocycles. The number of rotatable bonds is 9. The van der Waals surface area contributed by atoms with Crippen LogP contribution in [0.4, 0.5) is 10.1 Å². The smallest absolute Gasteiger partial charge is 0.118 e. The number of allylic oxidation sites excluding steroid dienone is 3. The molecule has 2 rings (SSSR count). The van der Waals surface area contributed by atoms with Crippen LogP contribution < -0.4 is 15.8 Å². The van der Waals surface area contributed by atoms with Crippen LogP contribution in [-0.2, 0) is 0 Å². The first-order chi connectivity index (χ1) is 14.1. The van der Waals surface area contributed by atoms with Gasteiger partial charge in [0.15, 0.2) is 0 Å². The number of nitrogens with zero attached hydrogens (tertiary/aromatic N) is 1. The highest BCUT2D eigenvalue weighted by atomic mass is 32.2. The summed E-state index contributed by atoms with van der Waals surface area (Å²) in [4.78, 5) is 3.17. The number of likely N-dealkylation sites (tertiary alicyclic amines) is 1. The van der Waals surface area contributed by atoms with Gasteiger partial charge in [-0.15, -0.1) is 0 Å². The lowest BCUT2D eigenvalue weighted by Gasteiger charge is -2.35. The van der Waals surface area contributed by atoms with Crippen LogP contribution in [0, 0.1) is 5.92 Å². The number of alkyl halides is 1. The molecule has 1 N–H and O–H groups in total. The zero-order chi connectivity index (χ0) is 22.3. The van der Waals surface area contributed by atoms with E-state index in [0.29, 0.717) is 12.5 Å². The van der Waals surface area contributed by atoms with Crippen molar-refractivity contribution in [3.05, 3.63) is 76.0 Å². The van der Waals surface area contributed by atoms with Crippen LogP contribution in [0.2, 0.25) is 0 Å². The summed E-state index contributed by atoms with van der Waals surface area (Å²) in [7, 11) is 0. The third kappa shape index (κ3) is 7.33. The van der Waals surface area contributed by atoms with Gasteiger partial charge >= 0.3 is 0 Å². The van der Waals surface area contributed by atoms with Crippen LogP contribution >= 0.6 is 11.8 Å². The molecule has 1 aromatic rings. The average molecular weight is 429 g/mol. The number of nitrogens with one attached hydrogen (secondary N) is 1. The molecule has 0 saturated carbocycles. The molecule has 30 heavy (non-hydrogen) atoms. The predicted octanol–water partition coefficient (Wildman–Crippen LogP) is 5.85. The van der Waals surface area contributed by atoms with Crippen LogP contribution in [0.3, 0.4) is 0 Å². The highest BCUT2D eigenvalue weighted by Gasteiger charge is 2.26. The van der Waals surface area contributed by atoms with Crippen molar-refractivity contribution < 1.29 is 5.82 Å². The lowest BCUT2D eigenvalue weighted by atomic mass is 9.93. The van der Waals surface area contributed by atoms with Gasteiger partial charge in [-0.1, -0.05) is 50.2 Å². The Balaban J connectivity index is 0.00000480. The van der Waals surface area contributed by atoms with E-state index < -0.39 is 5.67 Å². The Morgan fingerprint density at radius 1 is 1.33 bits per heavy atom. The number of hydrogen-bond donors (Lipinski definition) is 1. The quantitative estimate of drug-likeness (QED) is 0.497. The molecule has 1 aliphatic rings. The minimum atomic E-state index is -1.15. The van der Waals surface area contributed by atoms with Gasteiger partial charge in [0, 0.05) is 30.2 Å². The van der Waals surface area contributed by atoms with E-state index in [2.05, 4.69) is 48.7 Å². The van der Waals surface area contributed by atoms with Crippen molar-refractivity contribution in [2.45, 2.75) is 39.3 Å². The highest BCUT2D eigenvalue weighted by molar-refractivity contribution is 8.06. The average Bonchev–Trinajstić information content (AvgIpc) is 2.67. The summed E-state index contributed by atoms with van der Waals surface area (Å²) in [6.07, 6.45) is 6.14. The van der Waals surface area contributed by atoms with E-state index in [9.17, 15) is 4.39 Å². The van der Waals surface area contributed by atoms with E-state index in [4.69, 9.17) is 0 Å². The fourth-order valence-electron chi connectivity index (χ4n) is 3.73. The Kier molecular flexibility index (Phi) is 8.75. The Bertz CT molecular complexity index is 922. The monoisotopic (exact) mass is 428 g/mol. The number of thioether (sulfide) groups is 1. The Labute approximate surface area is 187 Å². The number of anilines is 1. The molecule has 4 heteroatoms. The summed E-state index contributed by atoms with van der Waals surface area (Å²) in [5.41, 5.74) is 1.94. The molecular weight excluding hydrogens is 391 g/mol. The summed E-state index contributed by atoms with van der Waals surface area (Å²) >= 11 is 1.52. The van der Waals surface area contributed by atoms with Gasteiger partial charge in [-0.25, -0.2) is 4.39 Å². The maximum absolute atomic E-state index is 13.9. The number of piperidine rings is 1. The summed E-state index contributed by atoms with van der Waals surface area (Å²) in [6, 6.07) is 6.15. The molecule has 1 saturated heterocycles. The van der Waals surface area contributed by atoms with Gasteiger partial charge in [-0.05, 0) is 86.3 Å². The van der Waals surface area contributed by atoms with E-state index in [1.165, 1.54) is 11.8 Å². The van der Waals surface area contributed by atoms with Gasteiger partial charge in [0.25, 0.3) is 0 Å². The van der Waals surface area contributed by atoms with Crippen LogP contribution in [0.25, 0.3) is 12.7 Å². The normalized spacial score (nSPS) is 17.1. The van der Waals surface area contributed by atoms with Gasteiger partial charge in [-0.2, -0.15) is 0 Å². The lowest BCUT2D eigenvalue weighted by Crippen LogP contribution is -2.41. The Hall–Kier alpha value is -2.04. The fourth-order valence-corrected chi connectivity index (χ4v) is 4.24. The van der Waals surface area contributed by atoms with E-state index in [0.717, 1.165) is 58.2 Å². The molecule has 0 aliphatic carbocycles. The predicted molar refractivity (Wildman–Crippen MR) is 136 cm³/mol. The van der Waals surface area contributed by atoms with Crippen molar-refractivity contribution >= 4 is 30.1 Å². The van der Waals surface area contributed by atoms with Crippen molar-refractivity contribution in [3.63, 3.8) is 0 Å². The van der Waals surface area contributed by atoms with Crippen molar-refractivity contribution in [2.75, 3.05) is 25.0 Å². The van der Waals surface area contributed by atoms with Crippen molar-refractivity contribution in [2.24, 2.45) is 5.92 Å². The molecule has 0 aromatic heterocycles. The molecule has 0 bridgehead atoms. The van der Waals surface area contributed by atoms with Gasteiger partial charge < -0.3 is 10.2 Å². The molecular formula is C26H37FN2S. The largest absolute Gasteiger partial charge is 0.359 e. The standard InChI is InChI=1S/C26H35FN2S.H2/c1-8-22(21(5)30-9-2)16-24-17-25(11-10-19(24)3)28-20(4)23-12-14-29(15-13-23)18-26(6,7)27;/h8-11,16-17,23,28H,2-5,12-15,18H2,1,6-7H3;1H/b22-8+,24-16-;. The number of halogens is 1.